The topological polar surface area (TPSA) is 158 Å². The molecule has 2 aliphatic rings. The van der Waals surface area contributed by atoms with Gasteiger partial charge in [-0.2, -0.15) is 0 Å². The van der Waals surface area contributed by atoms with Crippen molar-refractivity contribution in [3.8, 4) is 5.75 Å². The van der Waals surface area contributed by atoms with Crippen LogP contribution < -0.4 is 9.62 Å². The molecule has 40 heavy (non-hydrogen) atoms. The largest absolute Gasteiger partial charge is 0.492 e. The number of nitrogens with one attached hydrogen (secondary N) is 2. The molecule has 0 saturated heterocycles. The van der Waals surface area contributed by atoms with E-state index in [1.165, 1.54) is 28.0 Å². The lowest BCUT2D eigenvalue weighted by atomic mass is 9.82. The van der Waals surface area contributed by atoms with Gasteiger partial charge in [-0.1, -0.05) is 11.0 Å². The molecule has 2 atom stereocenters. The van der Waals surface area contributed by atoms with Crippen molar-refractivity contribution in [1.29, 1.82) is 0 Å². The van der Waals surface area contributed by atoms with Crippen molar-refractivity contribution in [2.75, 3.05) is 39.7 Å². The van der Waals surface area contributed by atoms with Crippen molar-refractivity contribution in [3.63, 3.8) is 0 Å². The van der Waals surface area contributed by atoms with Gasteiger partial charge in [0.05, 0.1) is 11.3 Å². The van der Waals surface area contributed by atoms with Crippen LogP contribution in [0.1, 0.15) is 34.1 Å². The normalized spacial score (nSPS) is 18.8. The van der Waals surface area contributed by atoms with Crippen LogP contribution in [0.15, 0.2) is 53.1 Å². The number of likely N-dealkylation sites (N-methyl/N-ethyl adjacent to an activating group) is 1. The molecule has 0 radical (unpaired) electrons. The third-order valence-corrected chi connectivity index (χ3v) is 8.74. The van der Waals surface area contributed by atoms with Gasteiger partial charge in [0.25, 0.3) is 15.9 Å². The molecule has 3 N–H and O–H groups in total. The fourth-order valence-electron chi connectivity index (χ4n) is 5.30. The summed E-state index contributed by atoms with van der Waals surface area (Å²) in [7, 11) is -0.330. The number of benzene rings is 2. The molecule has 12 nitrogen and oxygen atoms in total. The third-order valence-electron chi connectivity index (χ3n) is 7.25. The monoisotopic (exact) mass is 589 g/mol. The first-order chi connectivity index (χ1) is 19.0. The number of H-pyrrole nitrogens is 1. The summed E-state index contributed by atoms with van der Waals surface area (Å²) in [4.78, 5) is 33.0. The molecule has 1 aromatic heterocycles. The minimum atomic E-state index is -4.25. The summed E-state index contributed by atoms with van der Waals surface area (Å²) < 4.78 is 30.1. The molecule has 2 unspecified atom stereocenters. The molecule has 3 aromatic rings. The van der Waals surface area contributed by atoms with E-state index in [9.17, 15) is 23.3 Å². The molecule has 2 heterocycles. The zero-order valence-electron chi connectivity index (χ0n) is 21.8. The molecule has 2 aromatic carbocycles. The first-order valence-electron chi connectivity index (χ1n) is 12.5. The summed E-state index contributed by atoms with van der Waals surface area (Å²) in [5, 5.41) is 21.9. The first-order valence-corrected chi connectivity index (χ1v) is 14.5. The van der Waals surface area contributed by atoms with Crippen LogP contribution >= 0.6 is 11.6 Å². The molecule has 1 aliphatic carbocycles. The Labute approximate surface area is 235 Å². The van der Waals surface area contributed by atoms with E-state index in [4.69, 9.17) is 21.5 Å². The van der Waals surface area contributed by atoms with Crippen LogP contribution in [0.2, 0.25) is 0 Å². The number of nitrogens with zero attached hydrogens (tertiary/aromatic N) is 3. The van der Waals surface area contributed by atoms with Crippen LogP contribution in [-0.4, -0.2) is 78.9 Å². The zero-order chi connectivity index (χ0) is 28.8. The van der Waals surface area contributed by atoms with Crippen molar-refractivity contribution in [2.45, 2.75) is 17.4 Å². The van der Waals surface area contributed by atoms with Crippen molar-refractivity contribution in [3.05, 3.63) is 75.1 Å². The Morgan fingerprint density at radius 1 is 1.27 bits per heavy atom. The second-order valence-electron chi connectivity index (χ2n) is 10.1. The Morgan fingerprint density at radius 3 is 2.73 bits per heavy atom. The van der Waals surface area contributed by atoms with Crippen LogP contribution in [0.3, 0.4) is 0 Å². The highest BCUT2D eigenvalue weighted by molar-refractivity contribution is 7.89. The van der Waals surface area contributed by atoms with Crippen molar-refractivity contribution < 1.29 is 28.1 Å². The van der Waals surface area contributed by atoms with Gasteiger partial charge in [-0.15, -0.1) is 11.6 Å². The summed E-state index contributed by atoms with van der Waals surface area (Å²) in [6.45, 7) is 1.50. The zero-order valence-corrected chi connectivity index (χ0v) is 23.3. The molecular formula is C26H28ClN5O7S. The number of nitro groups is 1. The predicted molar refractivity (Wildman–Crippen MR) is 147 cm³/mol. The Kier molecular flexibility index (Phi) is 7.59. The summed E-state index contributed by atoms with van der Waals surface area (Å²) in [5.41, 5.74) is 2.90. The fraction of sp³-hybridized carbons (Fsp3) is 0.346. The van der Waals surface area contributed by atoms with Crippen LogP contribution in [0, 0.1) is 16.0 Å². The number of rotatable bonds is 9. The van der Waals surface area contributed by atoms with Gasteiger partial charge >= 0.3 is 0 Å². The number of ether oxygens (including phenoxy) is 1. The number of aromatic amines is 1. The smallest absolute Gasteiger partial charge is 0.274 e. The lowest BCUT2D eigenvalue weighted by Crippen LogP contribution is -2.31. The van der Waals surface area contributed by atoms with E-state index in [1.54, 1.807) is 6.07 Å². The average molecular weight is 590 g/mol. The third kappa shape index (κ3) is 5.06. The number of aromatic nitrogens is 1. The molecule has 1 amide bonds. The maximum atomic E-state index is 13.8. The van der Waals surface area contributed by atoms with Gasteiger partial charge in [-0.25, -0.2) is 8.42 Å². The molecule has 5 rings (SSSR count). The number of sulfonamides is 1. The number of amides is 1. The molecule has 0 bridgehead atoms. The molecular weight excluding hydrogens is 562 g/mol. The number of halogens is 1. The summed E-state index contributed by atoms with van der Waals surface area (Å²) in [6.07, 6.45) is -0.116. The van der Waals surface area contributed by atoms with E-state index in [0.717, 1.165) is 17.4 Å². The molecule has 0 spiro atoms. The van der Waals surface area contributed by atoms with Gasteiger partial charge in [0.15, 0.2) is 0 Å². The van der Waals surface area contributed by atoms with Crippen molar-refractivity contribution >= 4 is 44.0 Å². The van der Waals surface area contributed by atoms with Gasteiger partial charge < -0.3 is 24.7 Å². The van der Waals surface area contributed by atoms with Crippen LogP contribution in [0.25, 0.3) is 16.5 Å². The van der Waals surface area contributed by atoms with Gasteiger partial charge in [0.1, 0.15) is 18.1 Å². The maximum absolute atomic E-state index is 13.8. The Hall–Kier alpha value is -3.49. The highest BCUT2D eigenvalue weighted by Gasteiger charge is 2.45. The lowest BCUT2D eigenvalue weighted by Gasteiger charge is -2.26. The second kappa shape index (κ2) is 10.8. The average Bonchev–Trinajstić information content (AvgIpc) is 3.53. The lowest BCUT2D eigenvalue weighted by molar-refractivity contribution is -0.529. The fourth-order valence-corrected chi connectivity index (χ4v) is 6.19. The van der Waals surface area contributed by atoms with E-state index in [0.29, 0.717) is 34.9 Å². The number of carbonyl (C=O) groups is 1. The van der Waals surface area contributed by atoms with Gasteiger partial charge in [-0.3, -0.25) is 14.9 Å². The highest BCUT2D eigenvalue weighted by Crippen LogP contribution is 2.48. The van der Waals surface area contributed by atoms with Crippen LogP contribution in [0.4, 0.5) is 0 Å². The van der Waals surface area contributed by atoms with Crippen molar-refractivity contribution in [2.24, 2.45) is 5.92 Å². The molecule has 212 valence electrons. The number of fused-ring (bicyclic) bond motifs is 3. The molecule has 0 saturated carbocycles. The SMILES string of the molecule is CN(C)CCOc1ccc2[nH]c(C(=O)N3CC(CCl)C4=C3CC([N+](=O)[O-])c3cc(S(=O)(=O)NO)ccc34)cc2c1. The highest BCUT2D eigenvalue weighted by atomic mass is 35.5. The number of carbonyl (C=O) groups excluding carboxylic acids is 1. The maximum Gasteiger partial charge on any atom is 0.274 e. The standard InChI is InChI=1S/C26H28ClN5O7S/c1-30(2)7-8-39-17-3-6-21-15(9-17)10-22(28-21)26(33)31-14-16(13-27)25-19-5-4-18(40(37,38)29-34)11-20(19)23(32(35)36)12-24(25)31/h3-6,9-11,16,23,28-29,34H,7-8,12-14H2,1-2H3. The van der Waals surface area contributed by atoms with Gasteiger partial charge in [0, 0.05) is 52.0 Å². The molecule has 1 aliphatic heterocycles. The van der Waals surface area contributed by atoms with E-state index in [2.05, 4.69) is 4.98 Å². The summed E-state index contributed by atoms with van der Waals surface area (Å²) in [6, 6.07) is 9.86. The Bertz CT molecular complexity index is 1640. The Morgan fingerprint density at radius 2 is 2.05 bits per heavy atom. The minimum Gasteiger partial charge on any atom is -0.492 e. The minimum absolute atomic E-state index is 0.116. The predicted octanol–water partition coefficient (Wildman–Crippen LogP) is 3.22. The summed E-state index contributed by atoms with van der Waals surface area (Å²) in [5.74, 6) is 0.174. The number of alkyl halides is 1. The van der Waals surface area contributed by atoms with E-state index in [-0.39, 0.29) is 41.1 Å². The first kappa shape index (κ1) is 28.1. The van der Waals surface area contributed by atoms with Gasteiger partial charge in [-0.05, 0) is 61.6 Å². The Balaban J connectivity index is 1.51. The summed E-state index contributed by atoms with van der Waals surface area (Å²) >= 11 is 6.31. The second-order valence-corrected chi connectivity index (χ2v) is 12.0. The molecule has 0 fully saturated rings. The van der Waals surface area contributed by atoms with E-state index >= 15 is 0 Å². The van der Waals surface area contributed by atoms with Crippen LogP contribution in [-0.2, 0) is 10.0 Å². The van der Waals surface area contributed by atoms with Crippen molar-refractivity contribution in [1.82, 2.24) is 19.7 Å². The van der Waals surface area contributed by atoms with E-state index < -0.39 is 21.0 Å². The molecule has 14 heteroatoms. The van der Waals surface area contributed by atoms with Gasteiger partial charge in [0.2, 0.25) is 6.04 Å². The van der Waals surface area contributed by atoms with Crippen LogP contribution in [0.5, 0.6) is 5.75 Å². The quantitative estimate of drug-likeness (QED) is 0.195. The number of hydrogen-bond acceptors (Lipinski definition) is 8. The number of hydrogen-bond donors (Lipinski definition) is 3. The van der Waals surface area contributed by atoms with E-state index in [1.807, 2.05) is 37.2 Å².